The lowest BCUT2D eigenvalue weighted by Crippen LogP contribution is -2.42. The molecule has 5 rings (SSSR count). The molecule has 4 nitrogen and oxygen atoms in total. The first kappa shape index (κ1) is 17.1. The van der Waals surface area contributed by atoms with Gasteiger partial charge in [-0.15, -0.1) is 0 Å². The Kier molecular flexibility index (Phi) is 4.19. The van der Waals surface area contributed by atoms with Crippen molar-refractivity contribution in [2.75, 3.05) is 13.1 Å². The van der Waals surface area contributed by atoms with Gasteiger partial charge >= 0.3 is 0 Å². The van der Waals surface area contributed by atoms with Gasteiger partial charge in [-0.1, -0.05) is 30.3 Å². The van der Waals surface area contributed by atoms with Crippen molar-refractivity contribution in [3.05, 3.63) is 77.1 Å². The van der Waals surface area contributed by atoms with Crippen molar-refractivity contribution in [1.82, 2.24) is 9.88 Å². The van der Waals surface area contributed by atoms with Gasteiger partial charge in [0.15, 0.2) is 5.78 Å². The number of hydrogen-bond acceptors (Lipinski definition) is 3. The minimum atomic E-state index is -0.146. The van der Waals surface area contributed by atoms with Crippen LogP contribution in [0.4, 0.5) is 0 Å². The summed E-state index contributed by atoms with van der Waals surface area (Å²) in [4.78, 5) is 32.1. The second kappa shape index (κ2) is 6.86. The first-order valence-corrected chi connectivity index (χ1v) is 9.99. The number of amides is 1. The number of carbonyl (C=O) groups is 2. The topological polar surface area (TPSA) is 50.3 Å². The number of rotatable bonds is 3. The quantitative estimate of drug-likeness (QED) is 0.653. The van der Waals surface area contributed by atoms with Crippen molar-refractivity contribution < 1.29 is 9.59 Å². The number of nitrogens with zero attached hydrogens (tertiary/aromatic N) is 2. The Bertz CT molecular complexity index is 1060. The fraction of sp³-hybridized carbons (Fsp3) is 0.292. The maximum Gasteiger partial charge on any atom is 0.255 e. The van der Waals surface area contributed by atoms with E-state index in [1.165, 1.54) is 16.5 Å². The Morgan fingerprint density at radius 2 is 1.86 bits per heavy atom. The number of Topliss-reactive ketones (excluding diaryl/α,β-unsaturated/α-hetero) is 1. The molecule has 1 amide bonds. The average molecular weight is 370 g/mol. The molecule has 0 unspecified atom stereocenters. The standard InChI is InChI=1S/C24H22N2O2/c27-23(21-11-10-17-9-8-16-4-1-7-20(21)22(16)17)19-6-3-13-26(15-19)24(28)18-5-2-12-25-14-18/h1-2,4-5,7,10-12,14,19H,3,6,8-9,13,15H2/t19-/m0/s1. The monoisotopic (exact) mass is 370 g/mol. The summed E-state index contributed by atoms with van der Waals surface area (Å²) in [5.74, 6) is -0.0156. The van der Waals surface area contributed by atoms with E-state index in [2.05, 4.69) is 29.2 Å². The molecule has 1 aromatic heterocycles. The summed E-state index contributed by atoms with van der Waals surface area (Å²) >= 11 is 0. The third kappa shape index (κ3) is 2.80. The van der Waals surface area contributed by atoms with Gasteiger partial charge < -0.3 is 4.90 Å². The van der Waals surface area contributed by atoms with Crippen molar-refractivity contribution in [1.29, 1.82) is 0 Å². The van der Waals surface area contributed by atoms with Crippen LogP contribution in [0.1, 0.15) is 44.7 Å². The second-order valence-corrected chi connectivity index (χ2v) is 7.81. The molecule has 0 saturated carbocycles. The Balaban J connectivity index is 1.43. The number of aryl methyl sites for hydroxylation is 2. The van der Waals surface area contributed by atoms with Crippen molar-refractivity contribution in [2.45, 2.75) is 25.7 Å². The molecule has 140 valence electrons. The molecule has 1 atom stereocenters. The highest BCUT2D eigenvalue weighted by atomic mass is 16.2. The largest absolute Gasteiger partial charge is 0.338 e. The zero-order valence-electron chi connectivity index (χ0n) is 15.7. The number of ketones is 1. The third-order valence-corrected chi connectivity index (χ3v) is 6.13. The van der Waals surface area contributed by atoms with Crippen LogP contribution in [0.5, 0.6) is 0 Å². The van der Waals surface area contributed by atoms with Gasteiger partial charge in [0, 0.05) is 37.0 Å². The summed E-state index contributed by atoms with van der Waals surface area (Å²) < 4.78 is 0. The van der Waals surface area contributed by atoms with E-state index in [4.69, 9.17) is 0 Å². The first-order valence-electron chi connectivity index (χ1n) is 9.99. The SMILES string of the molecule is O=C(c1ccc2c3c(cccc13)CC2)[C@H]1CCCN(C(=O)c2cccnc2)C1. The molecule has 2 aromatic carbocycles. The third-order valence-electron chi connectivity index (χ3n) is 6.13. The number of hydrogen-bond donors (Lipinski definition) is 0. The van der Waals surface area contributed by atoms with Crippen LogP contribution < -0.4 is 0 Å². The molecule has 1 aliphatic carbocycles. The zero-order valence-corrected chi connectivity index (χ0v) is 15.7. The van der Waals surface area contributed by atoms with E-state index >= 15 is 0 Å². The van der Waals surface area contributed by atoms with Crippen molar-refractivity contribution in [2.24, 2.45) is 5.92 Å². The fourth-order valence-corrected chi connectivity index (χ4v) is 4.73. The van der Waals surface area contributed by atoms with Crippen molar-refractivity contribution in [3.63, 3.8) is 0 Å². The molecule has 1 saturated heterocycles. The molecule has 0 spiro atoms. The van der Waals surface area contributed by atoms with Crippen LogP contribution in [0.15, 0.2) is 54.9 Å². The average Bonchev–Trinajstić information content (AvgIpc) is 3.19. The van der Waals surface area contributed by atoms with Gasteiger partial charge in [0.25, 0.3) is 5.91 Å². The van der Waals surface area contributed by atoms with E-state index in [9.17, 15) is 9.59 Å². The summed E-state index contributed by atoms with van der Waals surface area (Å²) in [5, 5.41) is 2.35. The second-order valence-electron chi connectivity index (χ2n) is 7.81. The van der Waals surface area contributed by atoms with Gasteiger partial charge in [0.05, 0.1) is 5.56 Å². The molecule has 2 aliphatic rings. The number of pyridine rings is 1. The van der Waals surface area contributed by atoms with Crippen LogP contribution in [-0.2, 0) is 12.8 Å². The summed E-state index contributed by atoms with van der Waals surface area (Å²) in [6, 6.07) is 14.0. The molecular weight excluding hydrogens is 348 g/mol. The molecule has 0 N–H and O–H groups in total. The Labute approximate surface area is 164 Å². The Hall–Kier alpha value is -3.01. The lowest BCUT2D eigenvalue weighted by atomic mass is 9.87. The van der Waals surface area contributed by atoms with Crippen LogP contribution in [-0.4, -0.2) is 34.7 Å². The number of carbonyl (C=O) groups excluding carboxylic acids is 2. The lowest BCUT2D eigenvalue weighted by Gasteiger charge is -2.32. The van der Waals surface area contributed by atoms with Gasteiger partial charge in [0.2, 0.25) is 0 Å². The predicted octanol–water partition coefficient (Wildman–Crippen LogP) is 4.07. The Morgan fingerprint density at radius 3 is 2.68 bits per heavy atom. The Morgan fingerprint density at radius 1 is 1.00 bits per heavy atom. The van der Waals surface area contributed by atoms with E-state index in [1.807, 2.05) is 11.0 Å². The maximum atomic E-state index is 13.4. The zero-order chi connectivity index (χ0) is 19.1. The molecule has 28 heavy (non-hydrogen) atoms. The van der Waals surface area contributed by atoms with Crippen LogP contribution in [0, 0.1) is 5.92 Å². The van der Waals surface area contributed by atoms with Crippen LogP contribution in [0.2, 0.25) is 0 Å². The highest BCUT2D eigenvalue weighted by molar-refractivity contribution is 6.11. The number of likely N-dealkylation sites (tertiary alicyclic amines) is 1. The van der Waals surface area contributed by atoms with Gasteiger partial charge in [0.1, 0.15) is 0 Å². The molecular formula is C24H22N2O2. The summed E-state index contributed by atoms with van der Waals surface area (Å²) in [6.07, 6.45) is 7.05. The minimum absolute atomic E-state index is 0.0361. The number of benzene rings is 2. The fourth-order valence-electron chi connectivity index (χ4n) is 4.73. The molecule has 3 aromatic rings. The van der Waals surface area contributed by atoms with E-state index in [1.54, 1.807) is 24.5 Å². The highest BCUT2D eigenvalue weighted by Crippen LogP contribution is 2.34. The number of piperidine rings is 1. The molecule has 0 radical (unpaired) electrons. The molecule has 2 heterocycles. The van der Waals surface area contributed by atoms with Crippen molar-refractivity contribution >= 4 is 22.5 Å². The minimum Gasteiger partial charge on any atom is -0.338 e. The molecule has 0 bridgehead atoms. The van der Waals surface area contributed by atoms with E-state index < -0.39 is 0 Å². The van der Waals surface area contributed by atoms with E-state index in [-0.39, 0.29) is 17.6 Å². The van der Waals surface area contributed by atoms with Crippen LogP contribution in [0.25, 0.3) is 10.8 Å². The summed E-state index contributed by atoms with van der Waals surface area (Å²) in [7, 11) is 0. The maximum absolute atomic E-state index is 13.4. The lowest BCUT2D eigenvalue weighted by molar-refractivity contribution is 0.0637. The highest BCUT2D eigenvalue weighted by Gasteiger charge is 2.31. The number of aromatic nitrogens is 1. The normalized spacial score (nSPS) is 18.4. The molecule has 4 heteroatoms. The predicted molar refractivity (Wildman–Crippen MR) is 109 cm³/mol. The van der Waals surface area contributed by atoms with Gasteiger partial charge in [-0.3, -0.25) is 14.6 Å². The summed E-state index contributed by atoms with van der Waals surface area (Å²) in [5.41, 5.74) is 4.09. The van der Waals surface area contributed by atoms with E-state index in [0.29, 0.717) is 18.7 Å². The molecule has 1 fully saturated rings. The van der Waals surface area contributed by atoms with Gasteiger partial charge in [-0.05, 0) is 59.7 Å². The first-order chi connectivity index (χ1) is 13.7. The van der Waals surface area contributed by atoms with Gasteiger partial charge in [-0.2, -0.15) is 0 Å². The van der Waals surface area contributed by atoms with E-state index in [0.717, 1.165) is 36.6 Å². The van der Waals surface area contributed by atoms with Crippen LogP contribution in [0.3, 0.4) is 0 Å². The van der Waals surface area contributed by atoms with Crippen molar-refractivity contribution in [3.8, 4) is 0 Å². The van der Waals surface area contributed by atoms with Gasteiger partial charge in [-0.25, -0.2) is 0 Å². The summed E-state index contributed by atoms with van der Waals surface area (Å²) in [6.45, 7) is 1.18. The molecule has 1 aliphatic heterocycles. The smallest absolute Gasteiger partial charge is 0.255 e. The van der Waals surface area contributed by atoms with Crippen LogP contribution >= 0.6 is 0 Å².